The van der Waals surface area contributed by atoms with E-state index in [1.807, 2.05) is 0 Å². The minimum atomic E-state index is -1.27. The maximum absolute atomic E-state index is 11.7. The van der Waals surface area contributed by atoms with Gasteiger partial charge in [-0.2, -0.15) is 5.21 Å². The molecule has 1 aromatic heterocycles. The van der Waals surface area contributed by atoms with Gasteiger partial charge in [-0.05, 0) is 0 Å². The molecule has 5 atom stereocenters. The highest BCUT2D eigenvalue weighted by Crippen LogP contribution is 2.36. The Morgan fingerprint density at radius 1 is 0.893 bits per heavy atom. The topological polar surface area (TPSA) is 169 Å². The van der Waals surface area contributed by atoms with Gasteiger partial charge in [0.2, 0.25) is 5.82 Å². The average molecular weight is 400 g/mol. The Kier molecular flexibility index (Phi) is 6.98. The Balaban J connectivity index is 2.45. The first-order chi connectivity index (χ1) is 13.2. The summed E-state index contributed by atoms with van der Waals surface area (Å²) >= 11 is 0. The molecule has 1 aliphatic heterocycles. The lowest BCUT2D eigenvalue weighted by atomic mass is 9.93. The summed E-state index contributed by atoms with van der Waals surface area (Å²) in [4.78, 5) is 46.1. The quantitative estimate of drug-likeness (QED) is 0.457. The van der Waals surface area contributed by atoms with Crippen LogP contribution in [-0.4, -0.2) is 75.5 Å². The number of esters is 4. The highest BCUT2D eigenvalue weighted by atomic mass is 16.7. The first-order valence-corrected chi connectivity index (χ1v) is 8.22. The number of nitrogens with zero attached hydrogens (tertiary/aromatic N) is 3. The highest BCUT2D eigenvalue weighted by molar-refractivity contribution is 5.68. The fraction of sp³-hybridized carbons (Fsp3) is 0.667. The Morgan fingerprint density at radius 3 is 1.96 bits per heavy atom. The Morgan fingerprint density at radius 2 is 1.46 bits per heavy atom. The lowest BCUT2D eigenvalue weighted by Crippen LogP contribution is -2.59. The van der Waals surface area contributed by atoms with E-state index in [0.29, 0.717) is 0 Å². The van der Waals surface area contributed by atoms with E-state index in [1.165, 1.54) is 6.92 Å². The molecule has 2 rings (SSSR count). The molecule has 13 heteroatoms. The number of aromatic nitrogens is 4. The van der Waals surface area contributed by atoms with Crippen LogP contribution in [0.3, 0.4) is 0 Å². The van der Waals surface area contributed by atoms with Crippen molar-refractivity contribution in [3.8, 4) is 0 Å². The lowest BCUT2D eigenvalue weighted by molar-refractivity contribution is -0.255. The van der Waals surface area contributed by atoms with Crippen molar-refractivity contribution in [2.45, 2.75) is 58.2 Å². The Bertz CT molecular complexity index is 723. The van der Waals surface area contributed by atoms with Crippen LogP contribution >= 0.6 is 0 Å². The number of tetrazole rings is 1. The third kappa shape index (κ3) is 5.45. The number of hydrogen-bond donors (Lipinski definition) is 1. The van der Waals surface area contributed by atoms with Crippen molar-refractivity contribution in [2.24, 2.45) is 0 Å². The number of carbonyl (C=O) groups is 4. The molecule has 1 N–H and O–H groups in total. The molecule has 13 nitrogen and oxygen atoms in total. The minimum Gasteiger partial charge on any atom is -0.463 e. The summed E-state index contributed by atoms with van der Waals surface area (Å²) in [6, 6.07) is 0. The van der Waals surface area contributed by atoms with Crippen molar-refractivity contribution >= 4 is 23.9 Å². The smallest absolute Gasteiger partial charge is 0.303 e. The Hall–Kier alpha value is -3.09. The van der Waals surface area contributed by atoms with E-state index in [-0.39, 0.29) is 12.4 Å². The maximum atomic E-state index is 11.7. The lowest BCUT2D eigenvalue weighted by Gasteiger charge is -2.43. The molecule has 154 valence electrons. The zero-order valence-electron chi connectivity index (χ0n) is 15.6. The molecular weight excluding hydrogens is 380 g/mol. The molecule has 0 saturated carbocycles. The van der Waals surface area contributed by atoms with Crippen molar-refractivity contribution in [1.82, 2.24) is 20.6 Å². The summed E-state index contributed by atoms with van der Waals surface area (Å²) in [5.41, 5.74) is 0. The van der Waals surface area contributed by atoms with Gasteiger partial charge in [0, 0.05) is 27.7 Å². The van der Waals surface area contributed by atoms with Crippen molar-refractivity contribution in [3.05, 3.63) is 5.82 Å². The summed E-state index contributed by atoms with van der Waals surface area (Å²) in [6.07, 6.45) is -5.96. The maximum Gasteiger partial charge on any atom is 0.303 e. The molecular formula is C15H20N4O9. The number of H-pyrrole nitrogens is 1. The van der Waals surface area contributed by atoms with Crippen LogP contribution in [0.25, 0.3) is 0 Å². The zero-order valence-corrected chi connectivity index (χ0v) is 15.6. The molecule has 0 bridgehead atoms. The average Bonchev–Trinajstić information content (AvgIpc) is 3.09. The van der Waals surface area contributed by atoms with Crippen molar-refractivity contribution in [2.75, 3.05) is 6.61 Å². The highest BCUT2D eigenvalue weighted by Gasteiger charge is 2.53. The molecule has 1 aromatic rings. The van der Waals surface area contributed by atoms with Gasteiger partial charge < -0.3 is 23.7 Å². The van der Waals surface area contributed by atoms with Crippen molar-refractivity contribution < 1.29 is 42.9 Å². The molecule has 0 spiro atoms. The number of aromatic amines is 1. The Labute approximate surface area is 159 Å². The molecule has 0 amide bonds. The van der Waals surface area contributed by atoms with Crippen molar-refractivity contribution in [1.29, 1.82) is 0 Å². The second kappa shape index (κ2) is 9.21. The molecule has 1 aliphatic rings. The van der Waals surface area contributed by atoms with E-state index in [2.05, 4.69) is 20.6 Å². The van der Waals surface area contributed by atoms with Crippen LogP contribution in [-0.2, 0) is 42.9 Å². The van der Waals surface area contributed by atoms with Crippen molar-refractivity contribution in [3.63, 3.8) is 0 Å². The predicted molar refractivity (Wildman–Crippen MR) is 85.1 cm³/mol. The van der Waals surface area contributed by atoms with Crippen LogP contribution < -0.4 is 0 Å². The summed E-state index contributed by atoms with van der Waals surface area (Å²) < 4.78 is 26.6. The molecule has 0 aliphatic carbocycles. The van der Waals surface area contributed by atoms with Gasteiger partial charge in [-0.1, -0.05) is 5.21 Å². The van der Waals surface area contributed by atoms with Gasteiger partial charge in [0.05, 0.1) is 0 Å². The minimum absolute atomic E-state index is 0.00231. The van der Waals surface area contributed by atoms with E-state index in [1.54, 1.807) is 0 Å². The number of carbonyl (C=O) groups excluding carboxylic acids is 4. The standard InChI is InChI=1S/C15H20N4O9/c1-6(20)24-5-10-11(25-7(2)21)12(26-8(3)22)13(27-9(4)23)14(28-10)15-16-18-19-17-15/h10-14H,5H2,1-4H3,(H,16,17,18,19)/t10-,11+,12-,13+,14-/m1/s1. The SMILES string of the molecule is CC(=O)OC[C@H]1O[C@@H](c2nn[nH]n2)[C@@H](OC(C)=O)[C@H](OC(C)=O)[C@H]1OC(C)=O. The number of rotatable bonds is 6. The van der Waals surface area contributed by atoms with Crippen LogP contribution in [0.4, 0.5) is 0 Å². The van der Waals surface area contributed by atoms with Gasteiger partial charge in [0.15, 0.2) is 24.4 Å². The molecule has 1 fully saturated rings. The normalized spacial score (nSPS) is 26.8. The van der Waals surface area contributed by atoms with Crippen LogP contribution in [0.5, 0.6) is 0 Å². The molecule has 0 radical (unpaired) electrons. The fourth-order valence-electron chi connectivity index (χ4n) is 2.73. The van der Waals surface area contributed by atoms with Crippen LogP contribution in [0.1, 0.15) is 39.6 Å². The molecule has 1 saturated heterocycles. The summed E-state index contributed by atoms with van der Waals surface area (Å²) in [6.45, 7) is 4.27. The van der Waals surface area contributed by atoms with Crippen LogP contribution in [0.2, 0.25) is 0 Å². The monoisotopic (exact) mass is 400 g/mol. The van der Waals surface area contributed by atoms with Crippen LogP contribution in [0, 0.1) is 0 Å². The summed E-state index contributed by atoms with van der Waals surface area (Å²) in [7, 11) is 0. The third-order valence-electron chi connectivity index (χ3n) is 3.61. The van der Waals surface area contributed by atoms with Gasteiger partial charge in [0.25, 0.3) is 0 Å². The van der Waals surface area contributed by atoms with Gasteiger partial charge in [0.1, 0.15) is 12.7 Å². The second-order valence-corrected chi connectivity index (χ2v) is 5.89. The second-order valence-electron chi connectivity index (χ2n) is 5.89. The summed E-state index contributed by atoms with van der Waals surface area (Å²) in [5, 5.41) is 13.3. The van der Waals surface area contributed by atoms with E-state index < -0.39 is 54.4 Å². The van der Waals surface area contributed by atoms with E-state index >= 15 is 0 Å². The first kappa shape index (κ1) is 21.2. The number of hydrogen-bond acceptors (Lipinski definition) is 12. The van der Waals surface area contributed by atoms with Gasteiger partial charge in [-0.25, -0.2) is 0 Å². The largest absolute Gasteiger partial charge is 0.463 e. The predicted octanol–water partition coefficient (Wildman–Crippen LogP) is -1.00. The zero-order chi connectivity index (χ0) is 20.8. The van der Waals surface area contributed by atoms with E-state index in [4.69, 9.17) is 23.7 Å². The fourth-order valence-corrected chi connectivity index (χ4v) is 2.73. The molecule has 2 heterocycles. The first-order valence-electron chi connectivity index (χ1n) is 8.22. The summed E-state index contributed by atoms with van der Waals surface area (Å²) in [5.74, 6) is -2.75. The molecule has 0 aromatic carbocycles. The van der Waals surface area contributed by atoms with Crippen LogP contribution in [0.15, 0.2) is 0 Å². The van der Waals surface area contributed by atoms with E-state index in [0.717, 1.165) is 20.8 Å². The molecule has 0 unspecified atom stereocenters. The number of nitrogens with one attached hydrogen (secondary N) is 1. The van der Waals surface area contributed by atoms with E-state index in [9.17, 15) is 19.2 Å². The molecule has 28 heavy (non-hydrogen) atoms. The number of ether oxygens (including phenoxy) is 5. The van der Waals surface area contributed by atoms with Gasteiger partial charge in [-0.3, -0.25) is 19.2 Å². The third-order valence-corrected chi connectivity index (χ3v) is 3.61. The van der Waals surface area contributed by atoms with Gasteiger partial charge >= 0.3 is 23.9 Å². The van der Waals surface area contributed by atoms with Gasteiger partial charge in [-0.15, -0.1) is 10.2 Å².